The Labute approximate surface area is 193 Å². The average Bonchev–Trinajstić information content (AvgIpc) is 3.20. The van der Waals surface area contributed by atoms with E-state index in [4.69, 9.17) is 4.98 Å². The van der Waals surface area contributed by atoms with Gasteiger partial charge in [-0.15, -0.1) is 0 Å². The van der Waals surface area contributed by atoms with E-state index in [2.05, 4.69) is 20.4 Å². The van der Waals surface area contributed by atoms with Crippen LogP contribution in [0.25, 0.3) is 27.8 Å². The number of hydrogen-bond donors (Lipinski definition) is 2. The molecule has 2 N–H and O–H groups in total. The lowest BCUT2D eigenvalue weighted by atomic mass is 10.00. The van der Waals surface area contributed by atoms with Gasteiger partial charge in [0.1, 0.15) is 11.7 Å². The number of aryl methyl sites for hydroxylation is 1. The first-order valence-electron chi connectivity index (χ1n) is 10.9. The molecule has 174 valence electrons. The van der Waals surface area contributed by atoms with Crippen LogP contribution in [0, 0.1) is 12.8 Å². The summed E-state index contributed by atoms with van der Waals surface area (Å²) in [5, 5.41) is 17.6. The second kappa shape index (κ2) is 8.21. The lowest BCUT2D eigenvalue weighted by molar-refractivity contribution is -0.119. The average molecular weight is 464 g/mol. The molecule has 4 aromatic heterocycles. The number of alkyl halides is 2. The first-order chi connectivity index (χ1) is 16.3. The summed E-state index contributed by atoms with van der Waals surface area (Å²) in [6.45, 7) is 3.82. The van der Waals surface area contributed by atoms with Crippen LogP contribution in [-0.4, -0.2) is 41.7 Å². The highest BCUT2D eigenvalue weighted by atomic mass is 19.3. The highest BCUT2D eigenvalue weighted by Crippen LogP contribution is 2.49. The molecule has 0 spiro atoms. The predicted molar refractivity (Wildman–Crippen MR) is 122 cm³/mol. The zero-order chi connectivity index (χ0) is 24.0. The van der Waals surface area contributed by atoms with E-state index in [1.807, 2.05) is 26.0 Å². The number of halogens is 2. The third-order valence-electron chi connectivity index (χ3n) is 5.94. The zero-order valence-electron chi connectivity index (χ0n) is 18.5. The fourth-order valence-electron chi connectivity index (χ4n) is 3.86. The normalized spacial score (nSPS) is 17.5. The fraction of sp³-hybridized carbons (Fsp3) is 0.292. The number of carbonyl (C=O) groups is 1. The van der Waals surface area contributed by atoms with Crippen LogP contribution in [0.1, 0.15) is 37.1 Å². The van der Waals surface area contributed by atoms with Crippen LogP contribution in [0.5, 0.6) is 0 Å². The standard InChI is InChI=1S/C24H22F2N6O2/c1-3-20(33)19-7-13(2)16(12-27-19)15-8-14-11-28-21(31-23(34)17-10-24(17,25)26)9-18(14)30-22(15)32-6-4-5-29-32/h4-9,11-12,17,20,33H,3,10H2,1-2H3,(H,28,31,34)/t17-,20?/m1/s1. The topological polar surface area (TPSA) is 106 Å². The molecule has 0 bridgehead atoms. The number of amides is 1. The molecule has 0 aromatic carbocycles. The monoisotopic (exact) mass is 464 g/mol. The van der Waals surface area contributed by atoms with Gasteiger partial charge < -0.3 is 10.4 Å². The number of anilines is 1. The van der Waals surface area contributed by atoms with Gasteiger partial charge in [0, 0.05) is 53.8 Å². The Balaban J connectivity index is 1.57. The Morgan fingerprint density at radius 3 is 2.71 bits per heavy atom. The van der Waals surface area contributed by atoms with Crippen LogP contribution in [0.15, 0.2) is 49.1 Å². The SMILES string of the molecule is CCC(O)c1cc(C)c(-c2cc3cnc(NC(=O)[C@H]4CC4(F)F)cc3nc2-n2cccn2)cn1. The Kier molecular flexibility index (Phi) is 5.32. The number of carbonyl (C=O) groups excluding carboxylic acids is 1. The molecule has 1 saturated carbocycles. The molecular formula is C24H22F2N6O2. The van der Waals surface area contributed by atoms with Crippen molar-refractivity contribution >= 4 is 22.6 Å². The maximum Gasteiger partial charge on any atom is 0.260 e. The largest absolute Gasteiger partial charge is 0.387 e. The molecule has 4 heterocycles. The summed E-state index contributed by atoms with van der Waals surface area (Å²) >= 11 is 0. The van der Waals surface area contributed by atoms with E-state index in [1.54, 1.807) is 35.4 Å². The van der Waals surface area contributed by atoms with Gasteiger partial charge in [-0.3, -0.25) is 9.78 Å². The highest BCUT2D eigenvalue weighted by molar-refractivity contribution is 5.96. The fourth-order valence-corrected chi connectivity index (χ4v) is 3.86. The molecule has 1 unspecified atom stereocenters. The van der Waals surface area contributed by atoms with Gasteiger partial charge in [0.15, 0.2) is 5.82 Å². The van der Waals surface area contributed by atoms with Crippen molar-refractivity contribution in [2.24, 2.45) is 5.92 Å². The van der Waals surface area contributed by atoms with E-state index >= 15 is 0 Å². The van der Waals surface area contributed by atoms with E-state index in [0.717, 1.165) is 16.7 Å². The number of fused-ring (bicyclic) bond motifs is 1. The van der Waals surface area contributed by atoms with Crippen molar-refractivity contribution in [1.82, 2.24) is 24.7 Å². The van der Waals surface area contributed by atoms with E-state index in [9.17, 15) is 18.7 Å². The predicted octanol–water partition coefficient (Wildman–Crippen LogP) is 4.22. The molecule has 2 atom stereocenters. The van der Waals surface area contributed by atoms with Crippen molar-refractivity contribution in [3.63, 3.8) is 0 Å². The summed E-state index contributed by atoms with van der Waals surface area (Å²) in [6, 6.07) is 7.07. The second-order valence-corrected chi connectivity index (χ2v) is 8.43. The van der Waals surface area contributed by atoms with Gasteiger partial charge in [-0.1, -0.05) is 6.92 Å². The van der Waals surface area contributed by atoms with Crippen LogP contribution in [0.2, 0.25) is 0 Å². The van der Waals surface area contributed by atoms with Crippen LogP contribution in [0.3, 0.4) is 0 Å². The summed E-state index contributed by atoms with van der Waals surface area (Å²) in [5.74, 6) is -4.33. The summed E-state index contributed by atoms with van der Waals surface area (Å²) in [4.78, 5) is 25.5. The first-order valence-corrected chi connectivity index (χ1v) is 10.9. The molecule has 5 rings (SSSR count). The van der Waals surface area contributed by atoms with Gasteiger partial charge in [-0.25, -0.2) is 23.4 Å². The van der Waals surface area contributed by atoms with Crippen LogP contribution >= 0.6 is 0 Å². The van der Waals surface area contributed by atoms with Gasteiger partial charge in [-0.2, -0.15) is 5.10 Å². The Morgan fingerprint density at radius 2 is 2.06 bits per heavy atom. The van der Waals surface area contributed by atoms with Crippen molar-refractivity contribution in [2.45, 2.75) is 38.7 Å². The third-order valence-corrected chi connectivity index (χ3v) is 5.94. The lowest BCUT2D eigenvalue weighted by Gasteiger charge is -2.15. The third kappa shape index (κ3) is 4.01. The number of hydrogen-bond acceptors (Lipinski definition) is 6. The second-order valence-electron chi connectivity index (χ2n) is 8.43. The molecule has 0 aliphatic heterocycles. The van der Waals surface area contributed by atoms with E-state index in [0.29, 0.717) is 28.8 Å². The van der Waals surface area contributed by atoms with Gasteiger partial charge >= 0.3 is 0 Å². The number of pyridine rings is 3. The summed E-state index contributed by atoms with van der Waals surface area (Å²) < 4.78 is 28.1. The van der Waals surface area contributed by atoms with Crippen molar-refractivity contribution in [1.29, 1.82) is 0 Å². The Morgan fingerprint density at radius 1 is 1.26 bits per heavy atom. The minimum Gasteiger partial charge on any atom is -0.387 e. The van der Waals surface area contributed by atoms with Crippen molar-refractivity contribution < 1.29 is 18.7 Å². The van der Waals surface area contributed by atoms with Crippen molar-refractivity contribution in [2.75, 3.05) is 5.32 Å². The number of rotatable bonds is 6. The Bertz CT molecular complexity index is 1390. The van der Waals surface area contributed by atoms with Gasteiger partial charge in [0.05, 0.1) is 17.3 Å². The van der Waals surface area contributed by atoms with Crippen LogP contribution in [0.4, 0.5) is 14.6 Å². The smallest absolute Gasteiger partial charge is 0.260 e. The van der Waals surface area contributed by atoms with Crippen LogP contribution < -0.4 is 5.32 Å². The van der Waals surface area contributed by atoms with Gasteiger partial charge in [0.2, 0.25) is 5.91 Å². The molecule has 34 heavy (non-hydrogen) atoms. The van der Waals surface area contributed by atoms with Crippen molar-refractivity contribution in [3.05, 3.63) is 60.3 Å². The quantitative estimate of drug-likeness (QED) is 0.443. The first kappa shape index (κ1) is 22.0. The molecule has 1 aliphatic carbocycles. The summed E-state index contributed by atoms with van der Waals surface area (Å²) in [5.41, 5.74) is 3.61. The molecule has 0 radical (unpaired) electrons. The molecule has 8 nitrogen and oxygen atoms in total. The molecular weight excluding hydrogens is 442 g/mol. The molecule has 1 fully saturated rings. The van der Waals surface area contributed by atoms with Crippen LogP contribution in [-0.2, 0) is 4.79 Å². The maximum atomic E-state index is 13.2. The number of aliphatic hydroxyl groups is 1. The number of nitrogens with zero attached hydrogens (tertiary/aromatic N) is 5. The van der Waals surface area contributed by atoms with E-state index < -0.39 is 30.3 Å². The van der Waals surface area contributed by atoms with Gasteiger partial charge in [0.25, 0.3) is 5.92 Å². The summed E-state index contributed by atoms with van der Waals surface area (Å²) in [6.07, 6.45) is 6.11. The summed E-state index contributed by atoms with van der Waals surface area (Å²) in [7, 11) is 0. The zero-order valence-corrected chi connectivity index (χ0v) is 18.5. The highest BCUT2D eigenvalue weighted by Gasteiger charge is 2.61. The number of aliphatic hydroxyl groups excluding tert-OH is 1. The molecule has 0 saturated heterocycles. The minimum absolute atomic E-state index is 0.155. The van der Waals surface area contributed by atoms with E-state index in [-0.39, 0.29) is 5.82 Å². The minimum atomic E-state index is -2.95. The number of nitrogens with one attached hydrogen (secondary N) is 1. The van der Waals surface area contributed by atoms with Gasteiger partial charge in [-0.05, 0) is 37.1 Å². The van der Waals surface area contributed by atoms with Crippen molar-refractivity contribution in [3.8, 4) is 16.9 Å². The molecule has 1 aliphatic rings. The molecule has 10 heteroatoms. The lowest BCUT2D eigenvalue weighted by Crippen LogP contribution is -2.18. The molecule has 1 amide bonds. The maximum absolute atomic E-state index is 13.2. The van der Waals surface area contributed by atoms with E-state index in [1.165, 1.54) is 6.20 Å². The Hall–Kier alpha value is -3.79. The number of aromatic nitrogens is 5. The molecule has 4 aromatic rings.